The zero-order valence-electron chi connectivity index (χ0n) is 20.3. The molecule has 1 aromatic carbocycles. The predicted octanol–water partition coefficient (Wildman–Crippen LogP) is 3.28. The van der Waals surface area contributed by atoms with Gasteiger partial charge in [-0.25, -0.2) is 0 Å². The van der Waals surface area contributed by atoms with Crippen molar-refractivity contribution in [3.05, 3.63) is 29.7 Å². The third-order valence-electron chi connectivity index (χ3n) is 5.54. The van der Waals surface area contributed by atoms with Crippen molar-refractivity contribution in [3.63, 3.8) is 0 Å². The van der Waals surface area contributed by atoms with Crippen molar-refractivity contribution < 1.29 is 49.6 Å². The Balaban J connectivity index is 2.01. The van der Waals surface area contributed by atoms with Crippen molar-refractivity contribution in [1.29, 1.82) is 0 Å². The number of anilines is 1. The van der Waals surface area contributed by atoms with Crippen LogP contribution >= 0.6 is 0 Å². The largest absolute Gasteiger partial charge is 0.534 e. The molecule has 1 aromatic rings. The summed E-state index contributed by atoms with van der Waals surface area (Å²) in [5.74, 6) is -1.74. The average molecular weight is 553 g/mol. The molecule has 0 unspecified atom stereocenters. The van der Waals surface area contributed by atoms with Crippen LogP contribution in [0.15, 0.2) is 24.1 Å². The van der Waals surface area contributed by atoms with Gasteiger partial charge < -0.3 is 18.4 Å². The Labute approximate surface area is 207 Å². The highest BCUT2D eigenvalue weighted by Gasteiger charge is 2.51. The van der Waals surface area contributed by atoms with E-state index in [2.05, 4.69) is 23.8 Å². The lowest BCUT2D eigenvalue weighted by Crippen LogP contribution is -2.45. The lowest BCUT2D eigenvalue weighted by Gasteiger charge is -2.26. The summed E-state index contributed by atoms with van der Waals surface area (Å²) in [6, 6.07) is 2.22. The molecule has 1 atom stereocenters. The molecule has 10 nitrogen and oxygen atoms in total. The first-order chi connectivity index (χ1) is 16.6. The highest BCUT2D eigenvalue weighted by molar-refractivity contribution is 7.87. The van der Waals surface area contributed by atoms with E-state index in [9.17, 15) is 31.2 Å². The number of carbonyl (C=O) groups excluding carboxylic acids is 2. The van der Waals surface area contributed by atoms with Crippen molar-refractivity contribution in [2.45, 2.75) is 43.7 Å². The summed E-state index contributed by atoms with van der Waals surface area (Å²) in [5, 5.41) is 0. The third-order valence-corrected chi connectivity index (χ3v) is 8.24. The summed E-state index contributed by atoms with van der Waals surface area (Å²) >= 11 is 0. The molecule has 200 valence electrons. The maximum Gasteiger partial charge on any atom is 0.534 e. The van der Waals surface area contributed by atoms with Crippen LogP contribution in [-0.4, -0.2) is 72.3 Å². The number of benzene rings is 1. The molecule has 15 heteroatoms. The number of ether oxygens (including phenoxy) is 3. The minimum absolute atomic E-state index is 0.0199. The van der Waals surface area contributed by atoms with Gasteiger partial charge in [0.15, 0.2) is 11.5 Å². The molecule has 36 heavy (non-hydrogen) atoms. The maximum absolute atomic E-state index is 13.5. The molecule has 2 aliphatic heterocycles. The van der Waals surface area contributed by atoms with Gasteiger partial charge in [0.2, 0.25) is 0 Å². The van der Waals surface area contributed by atoms with Crippen LogP contribution in [0.4, 0.5) is 18.9 Å². The number of hydrogen-bond donors (Lipinski definition) is 0. The number of carbonyl (C=O) groups is 2. The van der Waals surface area contributed by atoms with Crippen LogP contribution in [0.5, 0.6) is 11.5 Å². The number of alkyl halides is 3. The van der Waals surface area contributed by atoms with Gasteiger partial charge in [0.25, 0.3) is 11.8 Å². The number of halogens is 3. The quantitative estimate of drug-likeness (QED) is 0.199. The van der Waals surface area contributed by atoms with Crippen LogP contribution in [0.25, 0.3) is 0 Å². The Hall–Kier alpha value is -2.78. The molecule has 2 amide bonds. The van der Waals surface area contributed by atoms with Crippen LogP contribution in [0.1, 0.15) is 16.8 Å². The summed E-state index contributed by atoms with van der Waals surface area (Å²) in [6.45, 7) is 6.55. The topological polar surface area (TPSA) is 112 Å². The highest BCUT2D eigenvalue weighted by Crippen LogP contribution is 2.41. The van der Waals surface area contributed by atoms with Gasteiger partial charge in [0.05, 0.1) is 25.5 Å². The van der Waals surface area contributed by atoms with Crippen LogP contribution in [0, 0.1) is 0 Å². The minimum atomic E-state index is -5.98. The lowest BCUT2D eigenvalue weighted by molar-refractivity contribution is -0.123. The minimum Gasteiger partial charge on any atom is -0.493 e. The molecule has 0 fully saturated rings. The molecule has 0 radical (unpaired) electrons. The number of hydrogen-bond acceptors (Lipinski definition) is 8. The van der Waals surface area contributed by atoms with Crippen LogP contribution in [0.3, 0.4) is 0 Å². The molecule has 0 spiro atoms. The number of amides is 2. The van der Waals surface area contributed by atoms with Crippen LogP contribution in [-0.2, 0) is 23.8 Å². The molecule has 0 bridgehead atoms. The Kier molecular flexibility index (Phi) is 7.67. The van der Waals surface area contributed by atoms with E-state index in [1.807, 2.05) is 0 Å². The number of rotatable bonds is 9. The van der Waals surface area contributed by atoms with E-state index < -0.39 is 53.7 Å². The zero-order valence-corrected chi connectivity index (χ0v) is 22.2. The van der Waals surface area contributed by atoms with Gasteiger partial charge in [-0.2, -0.15) is 21.6 Å². The van der Waals surface area contributed by atoms with E-state index in [1.54, 1.807) is 0 Å². The highest BCUT2D eigenvalue weighted by atomic mass is 32.2. The van der Waals surface area contributed by atoms with Crippen molar-refractivity contribution >= 4 is 35.7 Å². The standard InChI is InChI=1S/C21H27F3N2O8SSi/c1-31-17-9-14-15(10-18(17)32-2)26(12-33-6-7-36(3,4)5)20(28)16-8-13(11-25(16)19(14)27)34-35(29,30)21(22,23)24/h9-11,16H,6-8,12H2,1-5H3/t16-/m0/s1. The molecular weight excluding hydrogens is 525 g/mol. The number of nitrogens with zero attached hydrogens (tertiary/aromatic N) is 2. The maximum atomic E-state index is 13.5. The summed E-state index contributed by atoms with van der Waals surface area (Å²) in [4.78, 5) is 28.9. The Morgan fingerprint density at radius 1 is 1.08 bits per heavy atom. The zero-order chi connectivity index (χ0) is 27.1. The monoisotopic (exact) mass is 552 g/mol. The molecule has 0 saturated carbocycles. The fourth-order valence-corrected chi connectivity index (χ4v) is 4.85. The lowest BCUT2D eigenvalue weighted by atomic mass is 10.1. The Morgan fingerprint density at radius 3 is 2.25 bits per heavy atom. The molecule has 0 aromatic heterocycles. The molecule has 2 aliphatic rings. The fourth-order valence-electron chi connectivity index (χ4n) is 3.60. The average Bonchev–Trinajstić information content (AvgIpc) is 3.16. The fraction of sp³-hybridized carbons (Fsp3) is 0.524. The summed E-state index contributed by atoms with van der Waals surface area (Å²) in [7, 11) is -4.70. The molecule has 0 aliphatic carbocycles. The van der Waals surface area contributed by atoms with Gasteiger partial charge in [-0.1, -0.05) is 19.6 Å². The van der Waals surface area contributed by atoms with Gasteiger partial charge in [-0.3, -0.25) is 19.4 Å². The normalized spacial score (nSPS) is 18.4. The van der Waals surface area contributed by atoms with Gasteiger partial charge in [-0.05, 0) is 12.1 Å². The first kappa shape index (κ1) is 27.8. The molecule has 3 rings (SSSR count). The van der Waals surface area contributed by atoms with Gasteiger partial charge in [0, 0.05) is 33.4 Å². The smallest absolute Gasteiger partial charge is 0.493 e. The van der Waals surface area contributed by atoms with Crippen molar-refractivity contribution in [2.24, 2.45) is 0 Å². The van der Waals surface area contributed by atoms with Gasteiger partial charge >= 0.3 is 15.6 Å². The Bertz CT molecular complexity index is 1180. The Morgan fingerprint density at radius 2 is 1.69 bits per heavy atom. The second-order valence-electron chi connectivity index (χ2n) is 9.35. The summed E-state index contributed by atoms with van der Waals surface area (Å²) in [5.41, 5.74) is -5.54. The predicted molar refractivity (Wildman–Crippen MR) is 125 cm³/mol. The van der Waals surface area contributed by atoms with E-state index in [1.165, 1.54) is 31.3 Å². The second kappa shape index (κ2) is 9.93. The third kappa shape index (κ3) is 5.62. The molecule has 0 saturated heterocycles. The number of methoxy groups -OCH3 is 2. The second-order valence-corrected chi connectivity index (χ2v) is 16.5. The van der Waals surface area contributed by atoms with Crippen molar-refractivity contribution in [3.8, 4) is 11.5 Å². The van der Waals surface area contributed by atoms with Gasteiger partial charge in [-0.15, -0.1) is 0 Å². The van der Waals surface area contributed by atoms with E-state index >= 15 is 0 Å². The molecule has 2 heterocycles. The van der Waals surface area contributed by atoms with Crippen molar-refractivity contribution in [2.75, 3.05) is 32.5 Å². The first-order valence-electron chi connectivity index (χ1n) is 10.8. The van der Waals surface area contributed by atoms with E-state index in [4.69, 9.17) is 14.2 Å². The van der Waals surface area contributed by atoms with E-state index in [-0.39, 0.29) is 29.5 Å². The number of fused-ring (bicyclic) bond motifs is 2. The molecule has 0 N–H and O–H groups in total. The van der Waals surface area contributed by atoms with E-state index in [0.29, 0.717) is 6.61 Å². The van der Waals surface area contributed by atoms with Crippen LogP contribution < -0.4 is 14.4 Å². The SMILES string of the molecule is COc1cc2c(cc1OC)N(COCC[Si](C)(C)C)C(=O)[C@@H]1CC(OS(=O)(=O)C(F)(F)F)=CN1C2=O. The van der Waals surface area contributed by atoms with Gasteiger partial charge in [0.1, 0.15) is 18.5 Å². The molecular formula is C21H27F3N2O8SSi. The van der Waals surface area contributed by atoms with E-state index in [0.717, 1.165) is 17.1 Å². The van der Waals surface area contributed by atoms with Crippen molar-refractivity contribution in [1.82, 2.24) is 4.90 Å². The first-order valence-corrected chi connectivity index (χ1v) is 15.9. The summed E-state index contributed by atoms with van der Waals surface area (Å²) in [6.07, 6.45) is 0.220. The van der Waals surface area contributed by atoms with Crippen LogP contribution in [0.2, 0.25) is 25.7 Å². The summed E-state index contributed by atoms with van der Waals surface area (Å²) < 4.78 is 81.9.